The number of aromatic nitrogens is 1. The van der Waals surface area contributed by atoms with E-state index in [0.29, 0.717) is 28.2 Å². The van der Waals surface area contributed by atoms with Gasteiger partial charge in [0, 0.05) is 16.1 Å². The molecule has 1 fully saturated rings. The van der Waals surface area contributed by atoms with Crippen LogP contribution in [0.4, 0.5) is 5.69 Å². The molecule has 1 aliphatic rings. The van der Waals surface area contributed by atoms with Crippen molar-refractivity contribution in [1.82, 2.24) is 4.98 Å². The van der Waals surface area contributed by atoms with Crippen LogP contribution in [0.1, 0.15) is 51.0 Å². The first-order chi connectivity index (χ1) is 13.0. The molecule has 3 rings (SSSR count). The van der Waals surface area contributed by atoms with Gasteiger partial charge in [0.25, 0.3) is 0 Å². The highest BCUT2D eigenvalue weighted by atomic mass is 35.5. The molecular formula is C21H24Cl2N2O2. The van der Waals surface area contributed by atoms with Gasteiger partial charge in [-0.1, -0.05) is 55.5 Å². The number of hydrogen-bond donors (Lipinski definition) is 1. The Morgan fingerprint density at radius 1 is 1.19 bits per heavy atom. The second-order valence-electron chi connectivity index (χ2n) is 6.95. The van der Waals surface area contributed by atoms with E-state index < -0.39 is 5.41 Å². The van der Waals surface area contributed by atoms with Crippen LogP contribution in [-0.2, 0) is 10.2 Å². The van der Waals surface area contributed by atoms with Crippen LogP contribution in [0.3, 0.4) is 0 Å². The fraction of sp³-hybridized carbons (Fsp3) is 0.429. The van der Waals surface area contributed by atoms with Gasteiger partial charge in [0.15, 0.2) is 0 Å². The van der Waals surface area contributed by atoms with E-state index >= 15 is 0 Å². The molecule has 1 aliphatic carbocycles. The third-order valence-electron chi connectivity index (χ3n) is 5.04. The molecular weight excluding hydrogens is 383 g/mol. The van der Waals surface area contributed by atoms with Crippen molar-refractivity contribution >= 4 is 34.8 Å². The van der Waals surface area contributed by atoms with E-state index in [4.69, 9.17) is 27.9 Å². The van der Waals surface area contributed by atoms with Crippen molar-refractivity contribution in [2.75, 3.05) is 11.9 Å². The van der Waals surface area contributed by atoms with Crippen molar-refractivity contribution in [3.05, 3.63) is 52.1 Å². The number of halogens is 2. The molecule has 0 spiro atoms. The lowest BCUT2D eigenvalue weighted by molar-refractivity contribution is -0.122. The van der Waals surface area contributed by atoms with E-state index in [1.165, 1.54) is 0 Å². The molecule has 1 aromatic carbocycles. The molecule has 4 nitrogen and oxygen atoms in total. The number of anilines is 1. The number of hydrogen-bond acceptors (Lipinski definition) is 3. The number of carbonyl (C=O) groups is 1. The van der Waals surface area contributed by atoms with Gasteiger partial charge in [-0.15, -0.1) is 0 Å². The summed E-state index contributed by atoms with van der Waals surface area (Å²) in [4.78, 5) is 17.6. The highest BCUT2D eigenvalue weighted by molar-refractivity contribution is 6.35. The van der Waals surface area contributed by atoms with Crippen molar-refractivity contribution in [2.45, 2.75) is 50.9 Å². The zero-order chi connectivity index (χ0) is 19.3. The van der Waals surface area contributed by atoms with Gasteiger partial charge < -0.3 is 10.1 Å². The average Bonchev–Trinajstić information content (AvgIpc) is 2.68. The van der Waals surface area contributed by atoms with Crippen LogP contribution in [0.5, 0.6) is 5.88 Å². The van der Waals surface area contributed by atoms with Gasteiger partial charge in [-0.25, -0.2) is 4.98 Å². The minimum Gasteiger partial charge on any atom is -0.478 e. The molecule has 0 aliphatic heterocycles. The molecule has 0 unspecified atom stereocenters. The maximum absolute atomic E-state index is 13.3. The third kappa shape index (κ3) is 4.56. The van der Waals surface area contributed by atoms with Gasteiger partial charge in [0.1, 0.15) is 0 Å². The minimum absolute atomic E-state index is 0.0459. The maximum Gasteiger partial charge on any atom is 0.235 e. The Bertz CT molecular complexity index is 787. The molecule has 27 heavy (non-hydrogen) atoms. The number of carbonyl (C=O) groups excluding carboxylic acids is 1. The normalized spacial score (nSPS) is 16.0. The highest BCUT2D eigenvalue weighted by Gasteiger charge is 2.42. The van der Waals surface area contributed by atoms with Gasteiger partial charge in [0.05, 0.1) is 23.9 Å². The Morgan fingerprint density at radius 2 is 1.96 bits per heavy atom. The lowest BCUT2D eigenvalue weighted by Crippen LogP contribution is -2.42. The number of ether oxygens (including phenoxy) is 1. The third-order valence-corrected chi connectivity index (χ3v) is 5.58. The topological polar surface area (TPSA) is 51.2 Å². The smallest absolute Gasteiger partial charge is 0.235 e. The number of pyridine rings is 1. The largest absolute Gasteiger partial charge is 0.478 e. The van der Waals surface area contributed by atoms with Crippen molar-refractivity contribution < 1.29 is 9.53 Å². The number of benzene rings is 1. The lowest BCUT2D eigenvalue weighted by Gasteiger charge is -2.37. The van der Waals surface area contributed by atoms with E-state index in [0.717, 1.165) is 44.1 Å². The standard InChI is InChI=1S/C21H24Cl2N2O2/c1-2-12-27-19-9-7-16(14-24-19)25-20(26)21(10-4-3-5-11-21)17-8-6-15(22)13-18(17)23/h6-9,13-14H,2-5,10-12H2,1H3,(H,25,26). The average molecular weight is 407 g/mol. The van der Waals surface area contributed by atoms with Crippen LogP contribution in [0.15, 0.2) is 36.5 Å². The zero-order valence-electron chi connectivity index (χ0n) is 15.4. The Kier molecular flexibility index (Phi) is 6.61. The highest BCUT2D eigenvalue weighted by Crippen LogP contribution is 2.43. The van der Waals surface area contributed by atoms with Crippen molar-refractivity contribution in [1.29, 1.82) is 0 Å². The molecule has 1 aromatic heterocycles. The van der Waals surface area contributed by atoms with E-state index in [-0.39, 0.29) is 5.91 Å². The molecule has 2 aromatic rings. The molecule has 1 saturated carbocycles. The number of rotatable bonds is 6. The summed E-state index contributed by atoms with van der Waals surface area (Å²) in [6.07, 6.45) is 7.21. The lowest BCUT2D eigenvalue weighted by atomic mass is 9.68. The Labute approximate surface area is 170 Å². The van der Waals surface area contributed by atoms with Crippen LogP contribution in [0.25, 0.3) is 0 Å². The fourth-order valence-corrected chi connectivity index (χ4v) is 4.24. The minimum atomic E-state index is -0.642. The quantitative estimate of drug-likeness (QED) is 0.637. The van der Waals surface area contributed by atoms with Gasteiger partial charge in [-0.3, -0.25) is 4.79 Å². The Balaban J connectivity index is 1.83. The first-order valence-corrected chi connectivity index (χ1v) is 10.2. The summed E-state index contributed by atoms with van der Waals surface area (Å²) in [6, 6.07) is 8.98. The first kappa shape index (κ1) is 20.0. The summed E-state index contributed by atoms with van der Waals surface area (Å²) in [7, 11) is 0. The number of nitrogens with one attached hydrogen (secondary N) is 1. The molecule has 144 valence electrons. The Hall–Kier alpha value is -1.78. The van der Waals surface area contributed by atoms with Gasteiger partial charge in [0.2, 0.25) is 11.8 Å². The molecule has 1 heterocycles. The molecule has 0 radical (unpaired) electrons. The second-order valence-corrected chi connectivity index (χ2v) is 7.80. The zero-order valence-corrected chi connectivity index (χ0v) is 16.9. The molecule has 0 saturated heterocycles. The van der Waals surface area contributed by atoms with Crippen LogP contribution in [-0.4, -0.2) is 17.5 Å². The summed E-state index contributed by atoms with van der Waals surface area (Å²) >= 11 is 12.5. The summed E-state index contributed by atoms with van der Waals surface area (Å²) < 4.78 is 5.49. The predicted molar refractivity (Wildman–Crippen MR) is 110 cm³/mol. The van der Waals surface area contributed by atoms with Crippen molar-refractivity contribution in [3.63, 3.8) is 0 Å². The van der Waals surface area contributed by atoms with Crippen LogP contribution >= 0.6 is 23.2 Å². The Morgan fingerprint density at radius 3 is 2.59 bits per heavy atom. The molecule has 6 heteroatoms. The monoisotopic (exact) mass is 406 g/mol. The predicted octanol–water partition coefficient (Wildman–Crippen LogP) is 6.02. The summed E-state index contributed by atoms with van der Waals surface area (Å²) in [5.41, 5.74) is 0.859. The fourth-order valence-electron chi connectivity index (χ4n) is 3.65. The van der Waals surface area contributed by atoms with Gasteiger partial charge in [-0.2, -0.15) is 0 Å². The molecule has 0 atom stereocenters. The summed E-state index contributed by atoms with van der Waals surface area (Å²) in [6.45, 7) is 2.66. The van der Waals surface area contributed by atoms with E-state index in [9.17, 15) is 4.79 Å². The van der Waals surface area contributed by atoms with E-state index in [1.54, 1.807) is 24.4 Å². The van der Waals surface area contributed by atoms with E-state index in [1.807, 2.05) is 19.1 Å². The second kappa shape index (κ2) is 8.94. The summed E-state index contributed by atoms with van der Waals surface area (Å²) in [5.74, 6) is 0.512. The van der Waals surface area contributed by atoms with Crippen molar-refractivity contribution in [2.24, 2.45) is 0 Å². The van der Waals surface area contributed by atoms with Crippen LogP contribution < -0.4 is 10.1 Å². The van der Waals surface area contributed by atoms with Crippen LogP contribution in [0, 0.1) is 0 Å². The molecule has 0 bridgehead atoms. The van der Waals surface area contributed by atoms with Gasteiger partial charge >= 0.3 is 0 Å². The van der Waals surface area contributed by atoms with Gasteiger partial charge in [-0.05, 0) is 43.0 Å². The first-order valence-electron chi connectivity index (χ1n) is 9.41. The molecule has 1 amide bonds. The van der Waals surface area contributed by atoms with E-state index in [2.05, 4.69) is 10.3 Å². The molecule has 1 N–H and O–H groups in total. The SMILES string of the molecule is CCCOc1ccc(NC(=O)C2(c3ccc(Cl)cc3Cl)CCCCC2)cn1. The number of nitrogens with zero attached hydrogens (tertiary/aromatic N) is 1. The maximum atomic E-state index is 13.3. The number of amides is 1. The summed E-state index contributed by atoms with van der Waals surface area (Å²) in [5, 5.41) is 4.14. The van der Waals surface area contributed by atoms with Crippen molar-refractivity contribution in [3.8, 4) is 5.88 Å². The van der Waals surface area contributed by atoms with Crippen LogP contribution in [0.2, 0.25) is 10.0 Å².